The summed E-state index contributed by atoms with van der Waals surface area (Å²) in [6, 6.07) is 0. The molecule has 2 unspecified atom stereocenters. The molecule has 7 N–H and O–H groups in total. The van der Waals surface area contributed by atoms with E-state index < -0.39 is 73.6 Å². The number of ether oxygens (including phenoxy) is 3. The molecule has 1 saturated heterocycles. The molecule has 2 rings (SSSR count). The fourth-order valence-corrected chi connectivity index (χ4v) is 2.20. The van der Waals surface area contributed by atoms with Crippen LogP contribution in [-0.4, -0.2) is 97.8 Å². The normalized spacial score (nSPS) is 39.3. The Labute approximate surface area is 129 Å². The molecular formula is C12H18O11. The van der Waals surface area contributed by atoms with Gasteiger partial charge in [0.25, 0.3) is 0 Å². The molecule has 23 heavy (non-hydrogen) atoms. The maximum Gasteiger partial charge on any atom is 0.378 e. The second kappa shape index (κ2) is 6.97. The van der Waals surface area contributed by atoms with Gasteiger partial charge in [-0.2, -0.15) is 0 Å². The van der Waals surface area contributed by atoms with E-state index in [2.05, 4.69) is 4.74 Å². The highest BCUT2D eigenvalue weighted by Gasteiger charge is 2.48. The third-order valence-corrected chi connectivity index (χ3v) is 3.54. The first-order valence-electron chi connectivity index (χ1n) is 6.72. The highest BCUT2D eigenvalue weighted by molar-refractivity contribution is 5.89. The topological polar surface area (TPSA) is 186 Å². The van der Waals surface area contributed by atoms with E-state index in [0.717, 1.165) is 0 Å². The molecule has 132 valence electrons. The number of aliphatic hydroxyl groups excluding tert-OH is 7. The van der Waals surface area contributed by atoms with Crippen molar-refractivity contribution in [1.29, 1.82) is 0 Å². The predicted molar refractivity (Wildman–Crippen MR) is 67.5 cm³/mol. The number of carbonyl (C=O) groups excluding carboxylic acids is 1. The molecule has 0 spiro atoms. The lowest BCUT2D eigenvalue weighted by molar-refractivity contribution is -0.291. The SMILES string of the molecule is O=C1OC(C(O)CO)C(O)=C1O[C@H]1O[C@H](CO)[C@@H](O)[C@H](O)[C@H]1O. The van der Waals surface area contributed by atoms with Crippen molar-refractivity contribution in [2.45, 2.75) is 42.9 Å². The van der Waals surface area contributed by atoms with Gasteiger partial charge in [0, 0.05) is 0 Å². The van der Waals surface area contributed by atoms with Crippen LogP contribution in [0.4, 0.5) is 0 Å². The highest BCUT2D eigenvalue weighted by atomic mass is 16.7. The molecule has 0 radical (unpaired) electrons. The minimum absolute atomic E-state index is 0.702. The van der Waals surface area contributed by atoms with Crippen LogP contribution in [0.15, 0.2) is 11.5 Å². The first-order chi connectivity index (χ1) is 10.8. The molecule has 0 aromatic heterocycles. The largest absolute Gasteiger partial charge is 0.505 e. The molecule has 1 fully saturated rings. The van der Waals surface area contributed by atoms with Crippen LogP contribution < -0.4 is 0 Å². The zero-order valence-corrected chi connectivity index (χ0v) is 11.7. The standard InChI is InChI=1S/C12H18O11/c13-1-3(15)9-8(19)10(11(20)22-9)23-12-7(18)6(17)5(16)4(2-14)21-12/h3-7,9,12-19H,1-2H2/t3?,4-,5-,6+,7-,9?,12-/m1/s1. The fraction of sp³-hybridized carbons (Fsp3) is 0.750. The molecule has 0 bridgehead atoms. The highest BCUT2D eigenvalue weighted by Crippen LogP contribution is 2.29. The van der Waals surface area contributed by atoms with Crippen molar-refractivity contribution in [3.05, 3.63) is 11.5 Å². The van der Waals surface area contributed by atoms with Crippen molar-refractivity contribution in [3.8, 4) is 0 Å². The maximum atomic E-state index is 11.6. The molecule has 0 aromatic carbocycles. The van der Waals surface area contributed by atoms with Crippen LogP contribution in [-0.2, 0) is 19.0 Å². The van der Waals surface area contributed by atoms with E-state index in [9.17, 15) is 30.3 Å². The fourth-order valence-electron chi connectivity index (χ4n) is 2.20. The van der Waals surface area contributed by atoms with E-state index in [1.165, 1.54) is 0 Å². The van der Waals surface area contributed by atoms with Crippen molar-refractivity contribution < 1.29 is 54.8 Å². The second-order valence-corrected chi connectivity index (χ2v) is 5.11. The Morgan fingerprint density at radius 2 is 1.78 bits per heavy atom. The van der Waals surface area contributed by atoms with Gasteiger partial charge in [0.1, 0.15) is 30.5 Å². The van der Waals surface area contributed by atoms with E-state index in [-0.39, 0.29) is 0 Å². The van der Waals surface area contributed by atoms with Crippen molar-refractivity contribution in [2.75, 3.05) is 13.2 Å². The Kier molecular flexibility index (Phi) is 5.41. The molecule has 2 heterocycles. The Morgan fingerprint density at radius 1 is 1.13 bits per heavy atom. The average molecular weight is 338 g/mol. The van der Waals surface area contributed by atoms with Crippen molar-refractivity contribution in [3.63, 3.8) is 0 Å². The van der Waals surface area contributed by atoms with Gasteiger partial charge in [0.2, 0.25) is 12.0 Å². The molecule has 0 aromatic rings. The van der Waals surface area contributed by atoms with Gasteiger partial charge >= 0.3 is 5.97 Å². The van der Waals surface area contributed by atoms with Crippen LogP contribution in [0.5, 0.6) is 0 Å². The van der Waals surface area contributed by atoms with Crippen LogP contribution >= 0.6 is 0 Å². The number of carbonyl (C=O) groups is 1. The second-order valence-electron chi connectivity index (χ2n) is 5.11. The molecule has 0 amide bonds. The number of hydrogen-bond acceptors (Lipinski definition) is 11. The molecule has 11 heteroatoms. The summed E-state index contributed by atoms with van der Waals surface area (Å²) in [7, 11) is 0. The van der Waals surface area contributed by atoms with Crippen molar-refractivity contribution >= 4 is 5.97 Å². The smallest absolute Gasteiger partial charge is 0.378 e. The summed E-state index contributed by atoms with van der Waals surface area (Å²) in [5, 5.41) is 66.1. The minimum atomic E-state index is -1.79. The van der Waals surface area contributed by atoms with Crippen molar-refractivity contribution in [1.82, 2.24) is 0 Å². The molecule has 2 aliphatic heterocycles. The van der Waals surface area contributed by atoms with E-state index in [4.69, 9.17) is 19.7 Å². The van der Waals surface area contributed by atoms with E-state index in [1.807, 2.05) is 0 Å². The lowest BCUT2D eigenvalue weighted by Crippen LogP contribution is -2.59. The van der Waals surface area contributed by atoms with Gasteiger partial charge in [-0.15, -0.1) is 0 Å². The van der Waals surface area contributed by atoms with Gasteiger partial charge in [-0.25, -0.2) is 4.79 Å². The average Bonchev–Trinajstić information content (AvgIpc) is 2.82. The number of cyclic esters (lactones) is 1. The summed E-state index contributed by atoms with van der Waals surface area (Å²) in [5.74, 6) is -2.79. The molecule has 2 aliphatic rings. The minimum Gasteiger partial charge on any atom is -0.505 e. The Balaban J connectivity index is 2.16. The summed E-state index contributed by atoms with van der Waals surface area (Å²) in [6.45, 7) is -1.50. The summed E-state index contributed by atoms with van der Waals surface area (Å²) < 4.78 is 14.6. The van der Waals surface area contributed by atoms with Crippen molar-refractivity contribution in [2.24, 2.45) is 0 Å². The van der Waals surface area contributed by atoms with Crippen LogP contribution in [0.25, 0.3) is 0 Å². The first kappa shape index (κ1) is 17.9. The quantitative estimate of drug-likeness (QED) is 0.241. The third-order valence-electron chi connectivity index (χ3n) is 3.54. The summed E-state index contributed by atoms with van der Waals surface area (Å²) >= 11 is 0. The Bertz CT molecular complexity index is 476. The summed E-state index contributed by atoms with van der Waals surface area (Å²) in [4.78, 5) is 11.6. The summed E-state index contributed by atoms with van der Waals surface area (Å²) in [6.07, 6.45) is -11.2. The number of esters is 1. The Hall–Kier alpha value is -1.47. The monoisotopic (exact) mass is 338 g/mol. The lowest BCUT2D eigenvalue weighted by atomic mass is 9.99. The number of rotatable bonds is 5. The van der Waals surface area contributed by atoms with Gasteiger partial charge in [0.15, 0.2) is 11.9 Å². The molecule has 11 nitrogen and oxygen atoms in total. The number of hydrogen-bond donors (Lipinski definition) is 7. The van der Waals surface area contributed by atoms with E-state index >= 15 is 0 Å². The van der Waals surface area contributed by atoms with Gasteiger partial charge in [0.05, 0.1) is 13.2 Å². The zero-order chi connectivity index (χ0) is 17.3. The first-order valence-corrected chi connectivity index (χ1v) is 6.72. The van der Waals surface area contributed by atoms with Gasteiger partial charge in [-0.1, -0.05) is 0 Å². The van der Waals surface area contributed by atoms with Gasteiger partial charge in [-0.3, -0.25) is 0 Å². The van der Waals surface area contributed by atoms with Gasteiger partial charge < -0.3 is 50.0 Å². The maximum absolute atomic E-state index is 11.6. The number of aliphatic hydroxyl groups is 7. The third kappa shape index (κ3) is 3.26. The molecule has 7 atom stereocenters. The lowest BCUT2D eigenvalue weighted by Gasteiger charge is -2.39. The van der Waals surface area contributed by atoms with Crippen LogP contribution in [0, 0.1) is 0 Å². The Morgan fingerprint density at radius 3 is 2.35 bits per heavy atom. The molecule has 0 saturated carbocycles. The molecule has 0 aliphatic carbocycles. The zero-order valence-electron chi connectivity index (χ0n) is 11.7. The van der Waals surface area contributed by atoms with Gasteiger partial charge in [-0.05, 0) is 0 Å². The van der Waals surface area contributed by atoms with Crippen LogP contribution in [0.1, 0.15) is 0 Å². The van der Waals surface area contributed by atoms with E-state index in [0.29, 0.717) is 0 Å². The predicted octanol–water partition coefficient (Wildman–Crippen LogP) is -4.15. The molecular weight excluding hydrogens is 320 g/mol. The van der Waals surface area contributed by atoms with Crippen LogP contribution in [0.3, 0.4) is 0 Å². The van der Waals surface area contributed by atoms with E-state index in [1.54, 1.807) is 0 Å². The van der Waals surface area contributed by atoms with Crippen LogP contribution in [0.2, 0.25) is 0 Å². The summed E-state index contributed by atoms with van der Waals surface area (Å²) in [5.41, 5.74) is 0.